The van der Waals surface area contributed by atoms with E-state index in [2.05, 4.69) is 41.3 Å². The van der Waals surface area contributed by atoms with Crippen molar-refractivity contribution in [2.24, 2.45) is 0 Å². The molecule has 0 aliphatic rings. The number of thiophene rings is 1. The number of rotatable bonds is 5. The van der Waals surface area contributed by atoms with Crippen molar-refractivity contribution in [2.45, 2.75) is 13.5 Å². The van der Waals surface area contributed by atoms with Crippen molar-refractivity contribution in [3.63, 3.8) is 0 Å². The van der Waals surface area contributed by atoms with Gasteiger partial charge < -0.3 is 9.80 Å². The highest BCUT2D eigenvalue weighted by atomic mass is 32.1. The van der Waals surface area contributed by atoms with Crippen LogP contribution in [-0.4, -0.2) is 31.4 Å². The smallest absolute Gasteiger partial charge is 0.264 e. The van der Waals surface area contributed by atoms with Crippen molar-refractivity contribution in [1.29, 1.82) is 0 Å². The molecule has 0 aliphatic heterocycles. The average Bonchev–Trinajstić information content (AvgIpc) is 3.03. The lowest BCUT2D eigenvalue weighted by molar-refractivity contribution is 0.0757. The van der Waals surface area contributed by atoms with E-state index in [0.29, 0.717) is 13.1 Å². The van der Waals surface area contributed by atoms with Crippen LogP contribution in [0.25, 0.3) is 10.1 Å². The van der Waals surface area contributed by atoms with Gasteiger partial charge in [-0.15, -0.1) is 11.3 Å². The quantitative estimate of drug-likeness (QED) is 0.677. The summed E-state index contributed by atoms with van der Waals surface area (Å²) in [6.45, 7) is 3.36. The Hall–Kier alpha value is -2.33. The van der Waals surface area contributed by atoms with Gasteiger partial charge in [-0.2, -0.15) is 0 Å². The van der Waals surface area contributed by atoms with Crippen molar-refractivity contribution in [3.8, 4) is 0 Å². The maximum absolute atomic E-state index is 12.9. The van der Waals surface area contributed by atoms with E-state index < -0.39 is 0 Å². The second-order valence-electron chi connectivity index (χ2n) is 6.03. The first-order chi connectivity index (χ1) is 11.6. The molecule has 0 unspecified atom stereocenters. The van der Waals surface area contributed by atoms with E-state index in [4.69, 9.17) is 0 Å². The van der Waals surface area contributed by atoms with Crippen molar-refractivity contribution in [3.05, 3.63) is 65.0 Å². The first kappa shape index (κ1) is 16.5. The molecule has 0 saturated heterocycles. The van der Waals surface area contributed by atoms with Gasteiger partial charge >= 0.3 is 0 Å². The first-order valence-corrected chi connectivity index (χ1v) is 8.94. The Morgan fingerprint density at radius 2 is 1.75 bits per heavy atom. The molecule has 3 nitrogen and oxygen atoms in total. The lowest BCUT2D eigenvalue weighted by atomic mass is 10.2. The zero-order valence-corrected chi connectivity index (χ0v) is 15.1. The number of amides is 1. The lowest BCUT2D eigenvalue weighted by Crippen LogP contribution is -2.29. The molecular formula is C20H22N2OS. The van der Waals surface area contributed by atoms with Crippen LogP contribution in [0.15, 0.2) is 54.6 Å². The number of fused-ring (bicyclic) bond motifs is 1. The van der Waals surface area contributed by atoms with Gasteiger partial charge in [0.15, 0.2) is 0 Å². The summed E-state index contributed by atoms with van der Waals surface area (Å²) < 4.78 is 1.16. The van der Waals surface area contributed by atoms with Gasteiger partial charge in [-0.3, -0.25) is 4.79 Å². The molecule has 0 bridgehead atoms. The van der Waals surface area contributed by atoms with Crippen molar-refractivity contribution < 1.29 is 4.79 Å². The Balaban J connectivity index is 1.78. The van der Waals surface area contributed by atoms with Gasteiger partial charge in [0.05, 0.1) is 4.88 Å². The van der Waals surface area contributed by atoms with Crippen LogP contribution in [0.4, 0.5) is 5.69 Å². The predicted octanol–water partition coefficient (Wildman–Crippen LogP) is 4.63. The van der Waals surface area contributed by atoms with Gasteiger partial charge in [0.2, 0.25) is 0 Å². The van der Waals surface area contributed by atoms with E-state index in [0.717, 1.165) is 26.2 Å². The predicted molar refractivity (Wildman–Crippen MR) is 103 cm³/mol. The Morgan fingerprint density at radius 3 is 2.38 bits per heavy atom. The summed E-state index contributed by atoms with van der Waals surface area (Å²) in [5.74, 6) is 0.107. The zero-order chi connectivity index (χ0) is 17.1. The van der Waals surface area contributed by atoms with Crippen LogP contribution in [-0.2, 0) is 6.54 Å². The van der Waals surface area contributed by atoms with Crippen molar-refractivity contribution >= 4 is 33.0 Å². The molecule has 2 aromatic carbocycles. The lowest BCUT2D eigenvalue weighted by Gasteiger charge is -2.21. The van der Waals surface area contributed by atoms with E-state index in [-0.39, 0.29) is 5.91 Å². The number of carbonyl (C=O) groups is 1. The summed E-state index contributed by atoms with van der Waals surface area (Å²) >= 11 is 1.57. The molecule has 0 atom stereocenters. The minimum atomic E-state index is 0.107. The highest BCUT2D eigenvalue weighted by Gasteiger charge is 2.17. The summed E-state index contributed by atoms with van der Waals surface area (Å²) in [6.07, 6.45) is 0. The van der Waals surface area contributed by atoms with E-state index in [9.17, 15) is 4.79 Å². The second-order valence-corrected chi connectivity index (χ2v) is 7.11. The maximum Gasteiger partial charge on any atom is 0.264 e. The number of hydrogen-bond acceptors (Lipinski definition) is 3. The second kappa shape index (κ2) is 7.05. The maximum atomic E-state index is 12.9. The fourth-order valence-electron chi connectivity index (χ4n) is 2.69. The van der Waals surface area contributed by atoms with Crippen LogP contribution < -0.4 is 4.90 Å². The Morgan fingerprint density at radius 1 is 1.04 bits per heavy atom. The Bertz CT molecular complexity index is 803. The number of benzene rings is 2. The van der Waals surface area contributed by atoms with Gasteiger partial charge in [-0.1, -0.05) is 30.3 Å². The third-order valence-corrected chi connectivity index (χ3v) is 5.24. The summed E-state index contributed by atoms with van der Waals surface area (Å²) in [5, 5.41) is 1.14. The van der Waals surface area contributed by atoms with Gasteiger partial charge in [-0.25, -0.2) is 0 Å². The number of carbonyl (C=O) groups excluding carboxylic acids is 1. The van der Waals surface area contributed by atoms with Crippen LogP contribution in [0.1, 0.15) is 22.2 Å². The molecule has 0 aliphatic carbocycles. The zero-order valence-electron chi connectivity index (χ0n) is 14.3. The molecule has 1 amide bonds. The Labute approximate surface area is 147 Å². The van der Waals surface area contributed by atoms with Crippen molar-refractivity contribution in [1.82, 2.24) is 4.90 Å². The first-order valence-electron chi connectivity index (χ1n) is 8.12. The number of hydrogen-bond donors (Lipinski definition) is 0. The fraction of sp³-hybridized carbons (Fsp3) is 0.250. The normalized spacial score (nSPS) is 10.8. The van der Waals surface area contributed by atoms with Crippen LogP contribution in [0.3, 0.4) is 0 Å². The fourth-order valence-corrected chi connectivity index (χ4v) is 3.72. The summed E-state index contributed by atoms with van der Waals surface area (Å²) in [5.41, 5.74) is 2.31. The third-order valence-electron chi connectivity index (χ3n) is 4.13. The van der Waals surface area contributed by atoms with Gasteiger partial charge in [0, 0.05) is 37.6 Å². The highest BCUT2D eigenvalue weighted by molar-refractivity contribution is 7.20. The highest BCUT2D eigenvalue weighted by Crippen LogP contribution is 2.26. The number of anilines is 1. The minimum absolute atomic E-state index is 0.107. The van der Waals surface area contributed by atoms with E-state index in [1.165, 1.54) is 0 Å². The molecule has 124 valence electrons. The van der Waals surface area contributed by atoms with Gasteiger partial charge in [0.1, 0.15) is 0 Å². The molecule has 0 spiro atoms. The van der Waals surface area contributed by atoms with Crippen LogP contribution in [0, 0.1) is 0 Å². The summed E-state index contributed by atoms with van der Waals surface area (Å²) in [6, 6.07) is 18.5. The van der Waals surface area contributed by atoms with Crippen LogP contribution >= 0.6 is 11.3 Å². The molecule has 24 heavy (non-hydrogen) atoms. The topological polar surface area (TPSA) is 23.6 Å². The molecule has 0 saturated carbocycles. The molecular weight excluding hydrogens is 316 g/mol. The number of nitrogens with zero attached hydrogens (tertiary/aromatic N) is 2. The van der Waals surface area contributed by atoms with Crippen molar-refractivity contribution in [2.75, 3.05) is 25.5 Å². The minimum Gasteiger partial charge on any atom is -0.378 e. The molecule has 0 N–H and O–H groups in total. The summed E-state index contributed by atoms with van der Waals surface area (Å²) in [4.78, 5) is 17.6. The van der Waals surface area contributed by atoms with Crippen LogP contribution in [0.5, 0.6) is 0 Å². The molecule has 3 rings (SSSR count). The molecule has 1 aromatic heterocycles. The largest absolute Gasteiger partial charge is 0.378 e. The molecule has 1 heterocycles. The van der Waals surface area contributed by atoms with Gasteiger partial charge in [-0.05, 0) is 42.1 Å². The monoisotopic (exact) mass is 338 g/mol. The SMILES string of the molecule is CCN(Cc1ccc(N(C)C)cc1)C(=O)c1cc2ccccc2s1. The summed E-state index contributed by atoms with van der Waals surface area (Å²) in [7, 11) is 4.05. The average molecular weight is 338 g/mol. The third kappa shape index (κ3) is 3.44. The van der Waals surface area contributed by atoms with E-state index in [1.807, 2.05) is 44.1 Å². The van der Waals surface area contributed by atoms with Gasteiger partial charge in [0.25, 0.3) is 5.91 Å². The molecule has 4 heteroatoms. The molecule has 0 radical (unpaired) electrons. The van der Waals surface area contributed by atoms with Crippen LogP contribution in [0.2, 0.25) is 0 Å². The van der Waals surface area contributed by atoms with E-state index in [1.54, 1.807) is 11.3 Å². The van der Waals surface area contributed by atoms with E-state index >= 15 is 0 Å². The Kier molecular flexibility index (Phi) is 4.86. The molecule has 0 fully saturated rings. The molecule has 3 aromatic rings. The standard InChI is InChI=1S/C20H22N2OS/c1-4-22(14-15-9-11-17(12-10-15)21(2)3)20(23)19-13-16-7-5-6-8-18(16)24-19/h5-13H,4,14H2,1-3H3.